The number of hydrogen-bond donors (Lipinski definition) is 2. The quantitative estimate of drug-likeness (QED) is 0.839. The monoisotopic (exact) mass is 378 g/mol. The third-order valence-electron chi connectivity index (χ3n) is 4.82. The zero-order valence-corrected chi connectivity index (χ0v) is 14.8. The molecule has 2 N–H and O–H groups in total. The Morgan fingerprint density at radius 1 is 1.19 bits per heavy atom. The minimum Gasteiger partial charge on any atom is -0.497 e. The summed E-state index contributed by atoms with van der Waals surface area (Å²) >= 11 is 0. The Balaban J connectivity index is 1.65. The van der Waals surface area contributed by atoms with Gasteiger partial charge in [0.1, 0.15) is 5.75 Å². The van der Waals surface area contributed by atoms with Crippen molar-refractivity contribution < 1.29 is 22.7 Å². The molecule has 0 aliphatic carbocycles. The van der Waals surface area contributed by atoms with Crippen LogP contribution in [0.3, 0.4) is 0 Å². The van der Waals surface area contributed by atoms with Gasteiger partial charge in [-0.3, -0.25) is 4.79 Å². The first-order chi connectivity index (χ1) is 12.9. The topological polar surface area (TPSA) is 50.4 Å². The van der Waals surface area contributed by atoms with Crippen LogP contribution >= 0.6 is 0 Å². The summed E-state index contributed by atoms with van der Waals surface area (Å²) in [4.78, 5) is 12.6. The Hall–Kier alpha value is -2.54. The molecule has 0 bridgehead atoms. The predicted octanol–water partition coefficient (Wildman–Crippen LogP) is 3.33. The Kier molecular flexibility index (Phi) is 5.70. The largest absolute Gasteiger partial charge is 0.497 e. The summed E-state index contributed by atoms with van der Waals surface area (Å²) in [5.41, 5.74) is 0.963. The lowest BCUT2D eigenvalue weighted by atomic mass is 9.88. The van der Waals surface area contributed by atoms with Crippen molar-refractivity contribution in [3.8, 4) is 5.75 Å². The molecule has 144 valence electrons. The van der Waals surface area contributed by atoms with Crippen molar-refractivity contribution in [3.05, 3.63) is 65.2 Å². The van der Waals surface area contributed by atoms with Gasteiger partial charge in [0.15, 0.2) is 0 Å². The molecular weight excluding hydrogens is 357 g/mol. The molecule has 1 saturated heterocycles. The highest BCUT2D eigenvalue weighted by Crippen LogP contribution is 2.33. The molecular formula is C20H21F3N2O2. The van der Waals surface area contributed by atoms with E-state index in [1.807, 2.05) is 24.3 Å². The minimum atomic E-state index is -4.36. The van der Waals surface area contributed by atoms with Crippen LogP contribution in [0, 0.1) is 5.92 Å². The molecule has 2 aromatic rings. The van der Waals surface area contributed by atoms with Gasteiger partial charge in [-0.2, -0.15) is 13.2 Å². The van der Waals surface area contributed by atoms with Crippen LogP contribution in [-0.4, -0.2) is 26.1 Å². The van der Waals surface area contributed by atoms with E-state index in [0.717, 1.165) is 23.3 Å². The first-order valence-corrected chi connectivity index (χ1v) is 8.67. The number of rotatable bonds is 5. The van der Waals surface area contributed by atoms with Crippen molar-refractivity contribution in [2.24, 2.45) is 5.92 Å². The number of carbonyl (C=O) groups is 1. The number of methoxy groups -OCH3 is 1. The van der Waals surface area contributed by atoms with Crippen molar-refractivity contribution in [1.29, 1.82) is 0 Å². The van der Waals surface area contributed by atoms with E-state index >= 15 is 0 Å². The maximum absolute atomic E-state index is 12.7. The lowest BCUT2D eigenvalue weighted by Gasteiger charge is -2.19. The summed E-state index contributed by atoms with van der Waals surface area (Å²) in [6.07, 6.45) is -4.36. The fourth-order valence-corrected chi connectivity index (χ4v) is 3.33. The van der Waals surface area contributed by atoms with E-state index in [9.17, 15) is 18.0 Å². The lowest BCUT2D eigenvalue weighted by molar-refractivity contribution is -0.137. The molecule has 0 aromatic heterocycles. The third kappa shape index (κ3) is 4.60. The Bertz CT molecular complexity index is 791. The van der Waals surface area contributed by atoms with Crippen LogP contribution in [0.1, 0.15) is 22.6 Å². The summed E-state index contributed by atoms with van der Waals surface area (Å²) < 4.78 is 43.4. The van der Waals surface area contributed by atoms with Crippen LogP contribution < -0.4 is 15.4 Å². The number of amides is 1. The van der Waals surface area contributed by atoms with Crippen LogP contribution in [0.25, 0.3) is 0 Å². The van der Waals surface area contributed by atoms with Gasteiger partial charge in [-0.1, -0.05) is 24.3 Å². The van der Waals surface area contributed by atoms with E-state index in [1.54, 1.807) is 7.11 Å². The third-order valence-corrected chi connectivity index (χ3v) is 4.82. The second-order valence-electron chi connectivity index (χ2n) is 6.56. The first-order valence-electron chi connectivity index (χ1n) is 8.67. The van der Waals surface area contributed by atoms with Crippen molar-refractivity contribution in [2.45, 2.75) is 18.6 Å². The van der Waals surface area contributed by atoms with Gasteiger partial charge in [0.25, 0.3) is 0 Å². The molecule has 7 heteroatoms. The second kappa shape index (κ2) is 8.00. The number of ether oxygens (including phenoxy) is 1. The first kappa shape index (κ1) is 19.2. The average Bonchev–Trinajstić information content (AvgIpc) is 3.15. The van der Waals surface area contributed by atoms with Crippen molar-refractivity contribution in [3.63, 3.8) is 0 Å². The normalized spacial score (nSPS) is 19.7. The van der Waals surface area contributed by atoms with Gasteiger partial charge in [-0.15, -0.1) is 0 Å². The zero-order valence-electron chi connectivity index (χ0n) is 14.8. The predicted molar refractivity (Wildman–Crippen MR) is 95.4 cm³/mol. The average molecular weight is 378 g/mol. The number of halogens is 3. The minimum absolute atomic E-state index is 0.118. The summed E-state index contributed by atoms with van der Waals surface area (Å²) in [7, 11) is 1.58. The molecule has 2 atom stereocenters. The Morgan fingerprint density at radius 3 is 2.59 bits per heavy atom. The van der Waals surface area contributed by atoms with Crippen LogP contribution in [0.2, 0.25) is 0 Å². The van der Waals surface area contributed by atoms with Crippen LogP contribution in [0.5, 0.6) is 5.75 Å². The summed E-state index contributed by atoms with van der Waals surface area (Å²) in [6, 6.07) is 12.5. The summed E-state index contributed by atoms with van der Waals surface area (Å²) in [5, 5.41) is 6.07. The maximum atomic E-state index is 12.7. The van der Waals surface area contributed by atoms with E-state index in [2.05, 4.69) is 10.6 Å². The molecule has 2 aromatic carbocycles. The van der Waals surface area contributed by atoms with Crippen LogP contribution in [-0.2, 0) is 17.5 Å². The van der Waals surface area contributed by atoms with Gasteiger partial charge >= 0.3 is 6.18 Å². The molecule has 1 aliphatic rings. The van der Waals surface area contributed by atoms with E-state index in [4.69, 9.17) is 4.74 Å². The zero-order chi connectivity index (χ0) is 19.4. The van der Waals surface area contributed by atoms with Crippen molar-refractivity contribution in [1.82, 2.24) is 10.6 Å². The summed E-state index contributed by atoms with van der Waals surface area (Å²) in [6.45, 7) is 1.42. The molecule has 0 spiro atoms. The van der Waals surface area contributed by atoms with Gasteiger partial charge in [-0.05, 0) is 35.4 Å². The van der Waals surface area contributed by atoms with Crippen LogP contribution in [0.15, 0.2) is 48.5 Å². The van der Waals surface area contributed by atoms with E-state index in [-0.39, 0.29) is 17.7 Å². The molecule has 4 nitrogen and oxygen atoms in total. The van der Waals surface area contributed by atoms with E-state index in [0.29, 0.717) is 25.4 Å². The highest BCUT2D eigenvalue weighted by Gasteiger charge is 2.35. The smallest absolute Gasteiger partial charge is 0.416 e. The Morgan fingerprint density at radius 2 is 1.93 bits per heavy atom. The highest BCUT2D eigenvalue weighted by molar-refractivity contribution is 5.80. The SMILES string of the molecule is COc1cccc(CNC(=O)[C@@H]2CNC[C@H]2c2ccc(C(F)(F)F)cc2)c1. The van der Waals surface area contributed by atoms with Gasteiger partial charge in [-0.25, -0.2) is 0 Å². The van der Waals surface area contributed by atoms with E-state index < -0.39 is 11.7 Å². The van der Waals surface area contributed by atoms with E-state index in [1.165, 1.54) is 12.1 Å². The molecule has 1 fully saturated rings. The fraction of sp³-hybridized carbons (Fsp3) is 0.350. The molecule has 0 radical (unpaired) electrons. The number of alkyl halides is 3. The van der Waals surface area contributed by atoms with Crippen molar-refractivity contribution >= 4 is 5.91 Å². The lowest BCUT2D eigenvalue weighted by Crippen LogP contribution is -2.34. The number of benzene rings is 2. The highest BCUT2D eigenvalue weighted by atomic mass is 19.4. The van der Waals surface area contributed by atoms with Gasteiger partial charge < -0.3 is 15.4 Å². The fourth-order valence-electron chi connectivity index (χ4n) is 3.33. The molecule has 3 rings (SSSR count). The molecule has 27 heavy (non-hydrogen) atoms. The molecule has 1 heterocycles. The number of hydrogen-bond acceptors (Lipinski definition) is 3. The molecule has 1 aliphatic heterocycles. The van der Waals surface area contributed by atoms with Crippen LogP contribution in [0.4, 0.5) is 13.2 Å². The van der Waals surface area contributed by atoms with Gasteiger partial charge in [0.2, 0.25) is 5.91 Å². The number of carbonyl (C=O) groups excluding carboxylic acids is 1. The molecule has 0 unspecified atom stereocenters. The molecule has 1 amide bonds. The second-order valence-corrected chi connectivity index (χ2v) is 6.56. The summed E-state index contributed by atoms with van der Waals surface area (Å²) in [5.74, 6) is 0.115. The standard InChI is InChI=1S/C20H21F3N2O2/c1-27-16-4-2-3-13(9-16)10-25-19(26)18-12-24-11-17(18)14-5-7-15(8-6-14)20(21,22)23/h2-9,17-18,24H,10-12H2,1H3,(H,25,26)/t17-,18+/m0/s1. The van der Waals surface area contributed by atoms with Gasteiger partial charge in [0, 0.05) is 25.6 Å². The van der Waals surface area contributed by atoms with Crippen molar-refractivity contribution in [2.75, 3.05) is 20.2 Å². The van der Waals surface area contributed by atoms with Gasteiger partial charge in [0.05, 0.1) is 18.6 Å². The maximum Gasteiger partial charge on any atom is 0.416 e. The number of nitrogens with one attached hydrogen (secondary N) is 2. The molecule has 0 saturated carbocycles. The Labute approximate surface area is 155 Å².